The number of benzene rings is 2. The van der Waals surface area contributed by atoms with Crippen LogP contribution in [0.4, 0.5) is 5.69 Å². The molecule has 0 aromatic heterocycles. The lowest BCUT2D eigenvalue weighted by Crippen LogP contribution is -2.48. The van der Waals surface area contributed by atoms with E-state index in [-0.39, 0.29) is 17.4 Å². The predicted molar refractivity (Wildman–Crippen MR) is 98.8 cm³/mol. The fraction of sp³-hybridized carbons (Fsp3) is 0.381. The van der Waals surface area contributed by atoms with Gasteiger partial charge in [0.25, 0.3) is 0 Å². The Morgan fingerprint density at radius 3 is 2.62 bits per heavy atom. The summed E-state index contributed by atoms with van der Waals surface area (Å²) in [5, 5.41) is 3.53. The zero-order valence-corrected chi connectivity index (χ0v) is 15.0. The molecule has 5 heteroatoms. The number of carbonyl (C=O) groups is 1. The van der Waals surface area contributed by atoms with Crippen LogP contribution < -0.4 is 14.8 Å². The van der Waals surface area contributed by atoms with Crippen LogP contribution in [0.2, 0.25) is 0 Å². The van der Waals surface area contributed by atoms with Gasteiger partial charge in [-0.25, -0.2) is 0 Å². The van der Waals surface area contributed by atoms with Crippen LogP contribution in [0, 0.1) is 0 Å². The van der Waals surface area contributed by atoms with E-state index in [1.807, 2.05) is 12.1 Å². The highest BCUT2D eigenvalue weighted by atomic mass is 16.5. The Hall–Kier alpha value is -2.69. The number of methoxy groups -OCH3 is 2. The van der Waals surface area contributed by atoms with Gasteiger partial charge in [-0.3, -0.25) is 4.79 Å². The van der Waals surface area contributed by atoms with Gasteiger partial charge >= 0.3 is 0 Å². The van der Waals surface area contributed by atoms with E-state index >= 15 is 0 Å². The summed E-state index contributed by atoms with van der Waals surface area (Å²) in [7, 11) is 3.31. The van der Waals surface area contributed by atoms with Crippen LogP contribution in [0.1, 0.15) is 23.1 Å². The van der Waals surface area contributed by atoms with E-state index in [1.165, 1.54) is 16.8 Å². The van der Waals surface area contributed by atoms with Crippen LogP contribution in [-0.2, 0) is 23.2 Å². The Morgan fingerprint density at radius 1 is 1.12 bits per heavy atom. The molecule has 2 aromatic rings. The van der Waals surface area contributed by atoms with E-state index < -0.39 is 0 Å². The second kappa shape index (κ2) is 5.40. The number of rotatable bonds is 2. The Balaban J connectivity index is 1.60. The highest BCUT2D eigenvalue weighted by molar-refractivity contribution is 5.84. The van der Waals surface area contributed by atoms with Crippen molar-refractivity contribution in [3.63, 3.8) is 0 Å². The molecule has 134 valence electrons. The molecular weight excluding hydrogens is 328 g/mol. The molecule has 3 heterocycles. The van der Waals surface area contributed by atoms with Gasteiger partial charge in [-0.05, 0) is 41.3 Å². The third-order valence-corrected chi connectivity index (χ3v) is 6.32. The monoisotopic (exact) mass is 350 g/mol. The first kappa shape index (κ1) is 15.6. The summed E-state index contributed by atoms with van der Waals surface area (Å²) in [6, 6.07) is 12.7. The molecule has 26 heavy (non-hydrogen) atoms. The average molecular weight is 350 g/mol. The van der Waals surface area contributed by atoms with Gasteiger partial charge in [0.2, 0.25) is 5.91 Å². The summed E-state index contributed by atoms with van der Waals surface area (Å²) in [6.07, 6.45) is 1.42. The number of fused-ring (bicyclic) bond motifs is 5. The quantitative estimate of drug-likeness (QED) is 0.905. The van der Waals surface area contributed by atoms with E-state index in [9.17, 15) is 4.79 Å². The minimum Gasteiger partial charge on any atom is -0.493 e. The molecule has 2 aromatic carbocycles. The van der Waals surface area contributed by atoms with Crippen molar-refractivity contribution >= 4 is 11.6 Å². The molecule has 0 saturated carbocycles. The van der Waals surface area contributed by atoms with Crippen LogP contribution in [0.5, 0.6) is 11.5 Å². The molecule has 5 nitrogen and oxygen atoms in total. The summed E-state index contributed by atoms with van der Waals surface area (Å²) < 4.78 is 10.9. The molecule has 3 aliphatic rings. The summed E-state index contributed by atoms with van der Waals surface area (Å²) in [4.78, 5) is 15.0. The van der Waals surface area contributed by atoms with Gasteiger partial charge in [0.05, 0.1) is 14.2 Å². The van der Waals surface area contributed by atoms with E-state index in [4.69, 9.17) is 9.47 Å². The van der Waals surface area contributed by atoms with Crippen molar-refractivity contribution in [2.45, 2.75) is 30.8 Å². The number of carbonyl (C=O) groups excluding carboxylic acids is 1. The normalized spacial score (nSPS) is 25.5. The maximum atomic E-state index is 12.9. The zero-order chi connectivity index (χ0) is 17.9. The van der Waals surface area contributed by atoms with Gasteiger partial charge in [-0.2, -0.15) is 0 Å². The molecule has 0 aliphatic carbocycles. The summed E-state index contributed by atoms with van der Waals surface area (Å²) in [5.74, 6) is 1.72. The second-order valence-corrected chi connectivity index (χ2v) is 7.45. The Morgan fingerprint density at radius 2 is 1.85 bits per heavy atom. The largest absolute Gasteiger partial charge is 0.493 e. The van der Waals surface area contributed by atoms with Gasteiger partial charge in [0.1, 0.15) is 0 Å². The maximum absolute atomic E-state index is 12.9. The first-order chi connectivity index (χ1) is 12.7. The lowest BCUT2D eigenvalue weighted by atomic mass is 9.72. The number of amides is 1. The fourth-order valence-electron chi connectivity index (χ4n) is 5.03. The van der Waals surface area contributed by atoms with Crippen molar-refractivity contribution in [3.8, 4) is 11.5 Å². The van der Waals surface area contributed by atoms with E-state index in [2.05, 4.69) is 34.5 Å². The number of nitrogens with zero attached hydrogens (tertiary/aromatic N) is 1. The number of ether oxygens (including phenoxy) is 2. The van der Waals surface area contributed by atoms with Crippen LogP contribution >= 0.6 is 0 Å². The minimum atomic E-state index is -0.140. The highest BCUT2D eigenvalue weighted by Gasteiger charge is 2.56. The van der Waals surface area contributed by atoms with Gasteiger partial charge in [-0.15, -0.1) is 0 Å². The number of hydrogen-bond acceptors (Lipinski definition) is 4. The standard InChI is InChI=1S/C21H22N2O3/c1-25-17-7-13-9-19-21(12-22-16-6-4-3-5-15(16)21)10-20(24)23(19)11-14(13)8-18(17)26-2/h3-8,19,22H,9-12H2,1-2H3/t19-,21+/m0/s1. The van der Waals surface area contributed by atoms with Crippen LogP contribution in [0.25, 0.3) is 0 Å². The van der Waals surface area contributed by atoms with E-state index in [0.717, 1.165) is 30.0 Å². The Labute approximate surface area is 152 Å². The molecule has 2 atom stereocenters. The predicted octanol–water partition coefficient (Wildman–Crippen LogP) is 2.72. The van der Waals surface area contributed by atoms with Crippen LogP contribution in [-0.4, -0.2) is 37.6 Å². The molecule has 1 spiro atoms. The highest BCUT2D eigenvalue weighted by Crippen LogP contribution is 2.51. The molecule has 1 fully saturated rings. The van der Waals surface area contributed by atoms with Gasteiger partial charge < -0.3 is 19.7 Å². The van der Waals surface area contributed by atoms with Crippen LogP contribution in [0.15, 0.2) is 36.4 Å². The Kier molecular flexibility index (Phi) is 3.23. The molecule has 5 rings (SSSR count). The lowest BCUT2D eigenvalue weighted by molar-refractivity contribution is -0.129. The molecule has 1 saturated heterocycles. The molecule has 0 unspecified atom stereocenters. The van der Waals surface area contributed by atoms with Crippen LogP contribution in [0.3, 0.4) is 0 Å². The van der Waals surface area contributed by atoms with E-state index in [0.29, 0.717) is 13.0 Å². The SMILES string of the molecule is COc1cc2c(cc1OC)CN1C(=O)C[C@]3(CNc4ccccc43)[C@@H]1C2. The summed E-state index contributed by atoms with van der Waals surface area (Å²) >= 11 is 0. The summed E-state index contributed by atoms with van der Waals surface area (Å²) in [5.41, 5.74) is 4.72. The molecule has 1 N–H and O–H groups in total. The molecular formula is C21H22N2O3. The fourth-order valence-corrected chi connectivity index (χ4v) is 5.03. The van der Waals surface area contributed by atoms with E-state index in [1.54, 1.807) is 14.2 Å². The maximum Gasteiger partial charge on any atom is 0.224 e. The van der Waals surface area contributed by atoms with Crippen molar-refractivity contribution in [1.82, 2.24) is 4.90 Å². The van der Waals surface area contributed by atoms with Crippen molar-refractivity contribution in [1.29, 1.82) is 0 Å². The topological polar surface area (TPSA) is 50.8 Å². The molecule has 1 amide bonds. The first-order valence-corrected chi connectivity index (χ1v) is 9.03. The van der Waals surface area contributed by atoms with Gasteiger partial charge in [0, 0.05) is 36.7 Å². The van der Waals surface area contributed by atoms with Crippen molar-refractivity contribution in [3.05, 3.63) is 53.1 Å². The van der Waals surface area contributed by atoms with Crippen molar-refractivity contribution in [2.24, 2.45) is 0 Å². The van der Waals surface area contributed by atoms with Crippen molar-refractivity contribution < 1.29 is 14.3 Å². The molecule has 3 aliphatic heterocycles. The molecule has 0 radical (unpaired) electrons. The first-order valence-electron chi connectivity index (χ1n) is 9.03. The number of nitrogens with one attached hydrogen (secondary N) is 1. The number of para-hydroxylation sites is 1. The minimum absolute atomic E-state index is 0.140. The number of anilines is 1. The Bertz CT molecular complexity index is 910. The molecule has 0 bridgehead atoms. The third kappa shape index (κ3) is 1.94. The summed E-state index contributed by atoms with van der Waals surface area (Å²) in [6.45, 7) is 1.46. The van der Waals surface area contributed by atoms with Gasteiger partial charge in [0.15, 0.2) is 11.5 Å². The number of hydrogen-bond donors (Lipinski definition) is 1. The zero-order valence-electron chi connectivity index (χ0n) is 15.0. The second-order valence-electron chi connectivity index (χ2n) is 7.45. The van der Waals surface area contributed by atoms with Crippen molar-refractivity contribution in [2.75, 3.05) is 26.1 Å². The average Bonchev–Trinajstić information content (AvgIpc) is 3.18. The third-order valence-electron chi connectivity index (χ3n) is 6.32. The lowest BCUT2D eigenvalue weighted by Gasteiger charge is -2.39. The van der Waals surface area contributed by atoms with Gasteiger partial charge in [-0.1, -0.05) is 18.2 Å². The smallest absolute Gasteiger partial charge is 0.224 e.